The summed E-state index contributed by atoms with van der Waals surface area (Å²) in [4.78, 5) is 4.20. The summed E-state index contributed by atoms with van der Waals surface area (Å²) in [5, 5.41) is 0. The van der Waals surface area contributed by atoms with Crippen molar-refractivity contribution in [2.45, 2.75) is 0 Å². The van der Waals surface area contributed by atoms with Gasteiger partial charge in [0.05, 0.1) is 13.3 Å². The Morgan fingerprint density at radius 1 is 1.58 bits per heavy atom. The molecule has 0 radical (unpaired) electrons. The Kier molecular flexibility index (Phi) is 1.92. The molecule has 0 N–H and O–H groups in total. The van der Waals surface area contributed by atoms with Crippen LogP contribution in [0.4, 0.5) is 0 Å². The maximum Gasteiger partial charge on any atom is 0.141 e. The molecule has 3 nitrogen and oxygen atoms in total. The first-order chi connectivity index (χ1) is 5.81. The van der Waals surface area contributed by atoms with Crippen molar-refractivity contribution in [1.82, 2.24) is 9.38 Å². The first kappa shape index (κ1) is 7.85. The lowest BCUT2D eigenvalue weighted by atomic mass is 10.4. The summed E-state index contributed by atoms with van der Waals surface area (Å²) in [5.41, 5.74) is 0.916. The number of hydrogen-bond acceptors (Lipinski definition) is 2. The number of imidazole rings is 1. The van der Waals surface area contributed by atoms with Crippen LogP contribution in [0.25, 0.3) is 5.65 Å². The maximum atomic E-state index is 5.08. The second kappa shape index (κ2) is 2.93. The van der Waals surface area contributed by atoms with Crippen LogP contribution in [-0.4, -0.2) is 16.5 Å². The fourth-order valence-corrected chi connectivity index (χ4v) is 1.61. The Hall–Kier alpha value is -0.780. The van der Waals surface area contributed by atoms with E-state index in [1.54, 1.807) is 7.11 Å². The number of nitrogens with zero attached hydrogens (tertiary/aromatic N) is 2. The molecule has 2 aromatic rings. The summed E-state index contributed by atoms with van der Waals surface area (Å²) in [6.45, 7) is 0. The second-order valence-electron chi connectivity index (χ2n) is 2.38. The van der Waals surface area contributed by atoms with E-state index >= 15 is 0 Å². The van der Waals surface area contributed by atoms with E-state index in [0.29, 0.717) is 0 Å². The minimum absolute atomic E-state index is 0.838. The fourth-order valence-electron chi connectivity index (χ4n) is 1.06. The van der Waals surface area contributed by atoms with E-state index in [1.165, 1.54) is 0 Å². The zero-order valence-corrected chi connectivity index (χ0v) is 8.65. The highest BCUT2D eigenvalue weighted by Crippen LogP contribution is 2.15. The molecule has 0 aromatic carbocycles. The van der Waals surface area contributed by atoms with Gasteiger partial charge in [0.2, 0.25) is 0 Å². The number of hydrogen-bond donors (Lipinski definition) is 0. The first-order valence-electron chi connectivity index (χ1n) is 3.48. The van der Waals surface area contributed by atoms with E-state index in [9.17, 15) is 0 Å². The first-order valence-corrected chi connectivity index (χ1v) is 4.56. The van der Waals surface area contributed by atoms with Crippen molar-refractivity contribution in [2.75, 3.05) is 7.11 Å². The molecular weight excluding hydrogens is 267 g/mol. The lowest BCUT2D eigenvalue weighted by Crippen LogP contribution is -1.88. The van der Waals surface area contributed by atoms with Gasteiger partial charge in [-0.15, -0.1) is 0 Å². The lowest BCUT2D eigenvalue weighted by Gasteiger charge is -1.99. The van der Waals surface area contributed by atoms with Crippen molar-refractivity contribution in [3.05, 3.63) is 28.2 Å². The summed E-state index contributed by atoms with van der Waals surface area (Å²) in [5.74, 6) is 0.838. The summed E-state index contributed by atoms with van der Waals surface area (Å²) >= 11 is 2.24. The zero-order chi connectivity index (χ0) is 8.55. The third kappa shape index (κ3) is 1.16. The number of ether oxygens (including phenoxy) is 1. The molecule has 12 heavy (non-hydrogen) atoms. The molecule has 0 saturated heterocycles. The van der Waals surface area contributed by atoms with Gasteiger partial charge in [-0.1, -0.05) is 0 Å². The van der Waals surface area contributed by atoms with Crippen molar-refractivity contribution in [3.8, 4) is 5.75 Å². The number of pyridine rings is 1. The van der Waals surface area contributed by atoms with Crippen LogP contribution in [0.5, 0.6) is 5.75 Å². The predicted octanol–water partition coefficient (Wildman–Crippen LogP) is 1.95. The summed E-state index contributed by atoms with van der Waals surface area (Å²) in [6, 6.07) is 3.82. The second-order valence-corrected chi connectivity index (χ2v) is 3.48. The van der Waals surface area contributed by atoms with E-state index < -0.39 is 0 Å². The zero-order valence-electron chi connectivity index (χ0n) is 6.49. The molecule has 2 heterocycles. The highest BCUT2D eigenvalue weighted by Gasteiger charge is 1.99. The third-order valence-corrected chi connectivity index (χ3v) is 2.47. The van der Waals surface area contributed by atoms with Crippen LogP contribution in [-0.2, 0) is 0 Å². The molecular formula is C8H7IN2O. The van der Waals surface area contributed by atoms with Gasteiger partial charge in [0.15, 0.2) is 0 Å². The SMILES string of the molecule is COc1ccn2c(I)cnc2c1. The van der Waals surface area contributed by atoms with Gasteiger partial charge in [0.25, 0.3) is 0 Å². The molecule has 2 aromatic heterocycles. The van der Waals surface area contributed by atoms with Crippen LogP contribution in [0, 0.1) is 3.70 Å². The van der Waals surface area contributed by atoms with E-state index in [-0.39, 0.29) is 0 Å². The monoisotopic (exact) mass is 274 g/mol. The van der Waals surface area contributed by atoms with Gasteiger partial charge >= 0.3 is 0 Å². The molecule has 0 aliphatic heterocycles. The minimum Gasteiger partial charge on any atom is -0.497 e. The molecule has 0 aliphatic rings. The average molecular weight is 274 g/mol. The Bertz CT molecular complexity index is 410. The molecule has 4 heteroatoms. The summed E-state index contributed by atoms with van der Waals surface area (Å²) in [6.07, 6.45) is 3.78. The van der Waals surface area contributed by atoms with E-state index in [1.807, 2.05) is 28.9 Å². The number of aromatic nitrogens is 2. The molecule has 0 atom stereocenters. The number of fused-ring (bicyclic) bond motifs is 1. The Morgan fingerprint density at radius 2 is 2.42 bits per heavy atom. The van der Waals surface area contributed by atoms with Gasteiger partial charge < -0.3 is 4.74 Å². The topological polar surface area (TPSA) is 26.5 Å². The Labute approximate surface area is 83.5 Å². The van der Waals surface area contributed by atoms with Gasteiger partial charge in [-0.25, -0.2) is 4.98 Å². The fraction of sp³-hybridized carbons (Fsp3) is 0.125. The molecule has 0 fully saturated rings. The van der Waals surface area contributed by atoms with Crippen LogP contribution in [0.15, 0.2) is 24.5 Å². The largest absolute Gasteiger partial charge is 0.497 e. The highest BCUT2D eigenvalue weighted by atomic mass is 127. The van der Waals surface area contributed by atoms with Gasteiger partial charge in [-0.2, -0.15) is 0 Å². The highest BCUT2D eigenvalue weighted by molar-refractivity contribution is 14.1. The minimum atomic E-state index is 0.838. The third-order valence-electron chi connectivity index (χ3n) is 1.68. The molecule has 2 rings (SSSR count). The number of rotatable bonds is 1. The van der Waals surface area contributed by atoms with Crippen molar-refractivity contribution in [2.24, 2.45) is 0 Å². The van der Waals surface area contributed by atoms with Crippen LogP contribution < -0.4 is 4.74 Å². The van der Waals surface area contributed by atoms with E-state index in [0.717, 1.165) is 15.1 Å². The Morgan fingerprint density at radius 3 is 3.17 bits per heavy atom. The molecule has 0 unspecified atom stereocenters. The van der Waals surface area contributed by atoms with Crippen molar-refractivity contribution in [1.29, 1.82) is 0 Å². The van der Waals surface area contributed by atoms with Crippen LogP contribution >= 0.6 is 22.6 Å². The van der Waals surface area contributed by atoms with Crippen LogP contribution in [0.3, 0.4) is 0 Å². The quantitative estimate of drug-likeness (QED) is 0.743. The predicted molar refractivity (Wildman–Crippen MR) is 54.5 cm³/mol. The lowest BCUT2D eigenvalue weighted by molar-refractivity contribution is 0.414. The Balaban J connectivity index is 2.69. The molecule has 0 amide bonds. The molecule has 0 spiro atoms. The van der Waals surface area contributed by atoms with Gasteiger partial charge in [-0.3, -0.25) is 4.40 Å². The van der Waals surface area contributed by atoms with Crippen LogP contribution in [0.1, 0.15) is 0 Å². The van der Waals surface area contributed by atoms with Gasteiger partial charge in [0.1, 0.15) is 15.1 Å². The van der Waals surface area contributed by atoms with Crippen molar-refractivity contribution >= 4 is 28.2 Å². The standard InChI is InChI=1S/C8H7IN2O/c1-12-6-2-3-11-7(9)5-10-8(11)4-6/h2-5H,1H3. The van der Waals surface area contributed by atoms with Crippen molar-refractivity contribution in [3.63, 3.8) is 0 Å². The number of methoxy groups -OCH3 is 1. The molecule has 0 bridgehead atoms. The smallest absolute Gasteiger partial charge is 0.141 e. The molecule has 0 aliphatic carbocycles. The van der Waals surface area contributed by atoms with Gasteiger partial charge in [-0.05, 0) is 28.7 Å². The number of halogens is 1. The van der Waals surface area contributed by atoms with Gasteiger partial charge in [0, 0.05) is 12.3 Å². The van der Waals surface area contributed by atoms with E-state index in [4.69, 9.17) is 4.74 Å². The summed E-state index contributed by atoms with van der Waals surface area (Å²) < 4.78 is 8.18. The average Bonchev–Trinajstić information content (AvgIpc) is 2.47. The summed E-state index contributed by atoms with van der Waals surface area (Å²) in [7, 11) is 1.65. The normalized spacial score (nSPS) is 10.5. The molecule has 62 valence electrons. The van der Waals surface area contributed by atoms with Crippen molar-refractivity contribution < 1.29 is 4.74 Å². The van der Waals surface area contributed by atoms with E-state index in [2.05, 4.69) is 27.6 Å². The van der Waals surface area contributed by atoms with Crippen LogP contribution in [0.2, 0.25) is 0 Å². The maximum absolute atomic E-state index is 5.08. The molecule has 0 saturated carbocycles.